The second-order valence-electron chi connectivity index (χ2n) is 23.0. The van der Waals surface area contributed by atoms with Gasteiger partial charge in [0.25, 0.3) is 0 Å². The standard InChI is InChI=1S/C33H39N2O4P.C29H31N2O4P.C4H12Si/c1-3-38-40(37,39-4-2)32(30-20-12-16-24-13-10-11-19-29(24)30)33(36)35-31-22-26-15-9-8-14-25(26)21-27(31)23-34-28-17-6-5-7-18-28;32-29(28(36(33,34)35)26-16-8-12-20-9-6-7-15-25(20)26)31-27-18-22-11-5-4-10-21(22)17-23(27)19-30-24-13-2-1-3-14-24;1-5(2,3)4/h8-16,19-22,28,32,34H,3-7,17-18,23H2,1-2H3,(H,35,36);4-12,15-18,24,28,30H,1-3,13-14,19H2,(H,31,32)(H2,33,34,35);1-4H3. The summed E-state index contributed by atoms with van der Waals surface area (Å²) in [5.74, 6) is -1.12. The number of carbonyl (C=O) groups excluding carboxylic acids is 2. The van der Waals surface area contributed by atoms with Crippen LogP contribution in [0.2, 0.25) is 26.2 Å². The zero-order valence-electron chi connectivity index (χ0n) is 48.0. The average molecular weight is 1150 g/mol. The Bertz CT molecular complexity index is 3490. The maximum atomic E-state index is 14.3. The van der Waals surface area contributed by atoms with Crippen molar-refractivity contribution in [3.05, 3.63) is 180 Å². The van der Waals surface area contributed by atoms with Crippen molar-refractivity contribution in [2.75, 3.05) is 23.8 Å². The number of fused-ring (bicyclic) bond motifs is 4. The zero-order valence-corrected chi connectivity index (χ0v) is 50.7. The minimum Gasteiger partial charge on any atom is -0.325 e. The van der Waals surface area contributed by atoms with Gasteiger partial charge in [0.1, 0.15) is 0 Å². The average Bonchev–Trinajstić information content (AvgIpc) is 3.53. The number of anilines is 2. The van der Waals surface area contributed by atoms with Crippen LogP contribution in [0.15, 0.2) is 158 Å². The van der Waals surface area contributed by atoms with Crippen LogP contribution >= 0.6 is 15.2 Å². The summed E-state index contributed by atoms with van der Waals surface area (Å²) in [5, 5.41) is 20.8. The van der Waals surface area contributed by atoms with Gasteiger partial charge in [0.2, 0.25) is 11.8 Å². The second kappa shape index (κ2) is 28.4. The normalized spacial score (nSPS) is 15.3. The molecule has 2 amide bonds. The number of rotatable bonds is 18. The van der Waals surface area contributed by atoms with E-state index in [4.69, 9.17) is 9.05 Å². The quantitative estimate of drug-likeness (QED) is 0.0358. The molecule has 2 unspecified atom stereocenters. The lowest BCUT2D eigenvalue weighted by Crippen LogP contribution is -2.31. The van der Waals surface area contributed by atoms with Crippen molar-refractivity contribution in [3.63, 3.8) is 0 Å². The third kappa shape index (κ3) is 16.7. The van der Waals surface area contributed by atoms with Gasteiger partial charge in [-0.05, 0) is 129 Å². The monoisotopic (exact) mass is 1150 g/mol. The fourth-order valence-corrected chi connectivity index (χ4v) is 14.0. The van der Waals surface area contributed by atoms with Crippen molar-refractivity contribution in [3.8, 4) is 0 Å². The second-order valence-corrected chi connectivity index (χ2v) is 32.8. The summed E-state index contributed by atoms with van der Waals surface area (Å²) in [4.78, 5) is 48.4. The summed E-state index contributed by atoms with van der Waals surface area (Å²) in [6.45, 7) is 14.4. The third-order valence-electron chi connectivity index (χ3n) is 14.8. The van der Waals surface area contributed by atoms with Gasteiger partial charge in [0.15, 0.2) is 11.3 Å². The van der Waals surface area contributed by atoms with Crippen molar-refractivity contribution < 1.29 is 37.6 Å². The molecular formula is C66H82N4O8P2Si. The summed E-state index contributed by atoms with van der Waals surface area (Å²) in [6, 6.07) is 51.1. The Hall–Kier alpha value is -5.82. The van der Waals surface area contributed by atoms with Gasteiger partial charge in [-0.25, -0.2) is 0 Å². The van der Waals surface area contributed by atoms with Crippen LogP contribution in [0, 0.1) is 0 Å². The highest BCUT2D eigenvalue weighted by Gasteiger charge is 2.44. The van der Waals surface area contributed by atoms with Crippen LogP contribution in [0.5, 0.6) is 0 Å². The molecule has 428 valence electrons. The largest absolute Gasteiger partial charge is 0.347 e. The van der Waals surface area contributed by atoms with Crippen molar-refractivity contribution in [1.82, 2.24) is 10.6 Å². The predicted octanol–water partition coefficient (Wildman–Crippen LogP) is 16.6. The predicted molar refractivity (Wildman–Crippen MR) is 338 cm³/mol. The number of nitrogens with one attached hydrogen (secondary N) is 4. The molecule has 0 aromatic heterocycles. The molecule has 0 radical (unpaired) electrons. The topological polar surface area (TPSA) is 175 Å². The number of amides is 2. The van der Waals surface area contributed by atoms with E-state index < -0.39 is 46.4 Å². The fourth-order valence-electron chi connectivity index (χ4n) is 11.1. The van der Waals surface area contributed by atoms with Crippen LogP contribution in [0.3, 0.4) is 0 Å². The van der Waals surface area contributed by atoms with Crippen molar-refractivity contribution in [2.45, 2.75) is 141 Å². The van der Waals surface area contributed by atoms with E-state index in [0.717, 1.165) is 61.7 Å². The van der Waals surface area contributed by atoms with Gasteiger partial charge in [-0.1, -0.05) is 198 Å². The maximum absolute atomic E-state index is 14.3. The lowest BCUT2D eigenvalue weighted by Gasteiger charge is -2.27. The Morgan fingerprint density at radius 2 is 0.827 bits per heavy atom. The minimum absolute atomic E-state index is 0.165. The van der Waals surface area contributed by atoms with Crippen molar-refractivity contribution in [1.29, 1.82) is 0 Å². The minimum atomic E-state index is -4.82. The molecule has 8 aromatic rings. The van der Waals surface area contributed by atoms with Gasteiger partial charge in [-0.15, -0.1) is 0 Å². The van der Waals surface area contributed by atoms with E-state index in [1.54, 1.807) is 38.1 Å². The van der Waals surface area contributed by atoms with E-state index >= 15 is 0 Å². The number of hydrogen-bond donors (Lipinski definition) is 6. The highest BCUT2D eigenvalue weighted by molar-refractivity contribution is 7.55. The van der Waals surface area contributed by atoms with E-state index in [1.807, 2.05) is 121 Å². The maximum Gasteiger partial charge on any atom is 0.347 e. The first-order chi connectivity index (χ1) is 38.9. The molecule has 0 bridgehead atoms. The first kappa shape index (κ1) is 61.3. The number of benzene rings is 8. The van der Waals surface area contributed by atoms with E-state index in [-0.39, 0.29) is 13.2 Å². The van der Waals surface area contributed by atoms with Crippen LogP contribution < -0.4 is 21.3 Å². The molecule has 2 aliphatic carbocycles. The third-order valence-corrected chi connectivity index (χ3v) is 18.4. The molecular weight excluding hydrogens is 1070 g/mol. The van der Waals surface area contributed by atoms with E-state index in [0.29, 0.717) is 53.1 Å². The number of hydrogen-bond acceptors (Lipinski definition) is 8. The van der Waals surface area contributed by atoms with Crippen LogP contribution in [0.25, 0.3) is 43.1 Å². The lowest BCUT2D eigenvalue weighted by molar-refractivity contribution is -0.117. The smallest absolute Gasteiger partial charge is 0.325 e. The van der Waals surface area contributed by atoms with Crippen LogP contribution in [-0.2, 0) is 40.9 Å². The lowest BCUT2D eigenvalue weighted by atomic mass is 9.95. The molecule has 0 saturated heterocycles. The van der Waals surface area contributed by atoms with E-state index in [2.05, 4.69) is 59.6 Å². The molecule has 81 heavy (non-hydrogen) atoms. The van der Waals surface area contributed by atoms with E-state index in [1.165, 1.54) is 51.4 Å². The van der Waals surface area contributed by atoms with Gasteiger partial charge in [0.05, 0.1) is 13.2 Å². The highest BCUT2D eigenvalue weighted by Crippen LogP contribution is 2.62. The van der Waals surface area contributed by atoms with Crippen LogP contribution in [0.4, 0.5) is 11.4 Å². The molecule has 8 aromatic carbocycles. The molecule has 0 heterocycles. The Morgan fingerprint density at radius 3 is 1.21 bits per heavy atom. The van der Waals surface area contributed by atoms with Crippen LogP contribution in [0.1, 0.15) is 112 Å². The molecule has 0 aliphatic heterocycles. The van der Waals surface area contributed by atoms with Gasteiger partial charge in [-0.2, -0.15) is 0 Å². The van der Waals surface area contributed by atoms with E-state index in [9.17, 15) is 28.5 Å². The molecule has 2 aliphatic rings. The Kier molecular flexibility index (Phi) is 21.5. The molecule has 2 saturated carbocycles. The zero-order chi connectivity index (χ0) is 57.6. The summed E-state index contributed by atoms with van der Waals surface area (Å²) in [5.41, 5.74) is 1.37. The van der Waals surface area contributed by atoms with Crippen LogP contribution in [-0.4, -0.2) is 55.0 Å². The Labute approximate surface area is 479 Å². The molecule has 0 spiro atoms. The molecule has 2 atom stereocenters. The molecule has 6 N–H and O–H groups in total. The molecule has 2 fully saturated rings. The summed E-state index contributed by atoms with van der Waals surface area (Å²) in [7, 11) is -9.31. The SMILES string of the molecule is CCOP(=O)(OCC)C(C(=O)Nc1cc2ccccc2cc1CNC1CCCCC1)c1cccc2ccccc12.C[Si](C)(C)C.O=C(Nc1cc2ccccc2cc1CNC1CCCCC1)C(c1cccc2ccccc12)P(=O)(O)O. The van der Waals surface area contributed by atoms with Gasteiger partial charge < -0.3 is 40.1 Å². The fraction of sp³-hybridized carbons (Fsp3) is 0.364. The summed E-state index contributed by atoms with van der Waals surface area (Å²) >= 11 is 0. The van der Waals surface area contributed by atoms with Crippen molar-refractivity contribution >= 4 is 89.5 Å². The molecule has 12 nitrogen and oxygen atoms in total. The first-order valence-corrected chi connectivity index (χ1v) is 36.2. The van der Waals surface area contributed by atoms with Gasteiger partial charge in [0, 0.05) is 44.6 Å². The molecule has 15 heteroatoms. The van der Waals surface area contributed by atoms with Gasteiger partial charge >= 0.3 is 15.2 Å². The Balaban J connectivity index is 0.000000197. The van der Waals surface area contributed by atoms with Crippen molar-refractivity contribution in [2.24, 2.45) is 0 Å². The molecule has 10 rings (SSSR count). The Morgan fingerprint density at radius 1 is 0.494 bits per heavy atom. The first-order valence-electron chi connectivity index (χ1n) is 28.9. The highest BCUT2D eigenvalue weighted by atomic mass is 31.2. The number of carbonyl (C=O) groups is 2. The summed E-state index contributed by atoms with van der Waals surface area (Å²) in [6.07, 6.45) is 12.1. The van der Waals surface area contributed by atoms with Gasteiger partial charge in [-0.3, -0.25) is 18.7 Å². The summed E-state index contributed by atoms with van der Waals surface area (Å²) < 4.78 is 38.5.